The molecule has 0 spiro atoms. The highest BCUT2D eigenvalue weighted by Crippen LogP contribution is 2.25. The van der Waals surface area contributed by atoms with Gasteiger partial charge in [-0.1, -0.05) is 41.4 Å². The van der Waals surface area contributed by atoms with Crippen LogP contribution in [0.15, 0.2) is 48.5 Å². The van der Waals surface area contributed by atoms with Crippen molar-refractivity contribution in [2.75, 3.05) is 11.9 Å². The number of fused-ring (bicyclic) bond motifs is 1. The summed E-state index contributed by atoms with van der Waals surface area (Å²) in [6, 6.07) is 13.8. The first-order valence-electron chi connectivity index (χ1n) is 7.03. The Bertz CT molecular complexity index is 888. The summed E-state index contributed by atoms with van der Waals surface area (Å²) in [5.41, 5.74) is 1.58. The molecule has 0 atom stereocenters. The summed E-state index contributed by atoms with van der Waals surface area (Å²) >= 11 is 11.7. The van der Waals surface area contributed by atoms with Crippen LogP contribution in [0.5, 0.6) is 0 Å². The van der Waals surface area contributed by atoms with Crippen molar-refractivity contribution < 1.29 is 14.3 Å². The summed E-state index contributed by atoms with van der Waals surface area (Å²) in [6.45, 7) is -0.408. The van der Waals surface area contributed by atoms with Crippen molar-refractivity contribution in [2.24, 2.45) is 0 Å². The average molecular weight is 363 g/mol. The first-order chi connectivity index (χ1) is 11.5. The lowest BCUT2D eigenvalue weighted by atomic mass is 10.2. The van der Waals surface area contributed by atoms with E-state index in [-0.39, 0.29) is 0 Å². The number of nitrogens with one attached hydrogen (secondary N) is 2. The molecule has 122 valence electrons. The SMILES string of the molecule is O=C(COC(=O)c1cc2ccccc2[nH]1)Nc1ccc(Cl)c(Cl)c1. The number of ether oxygens (including phenoxy) is 1. The van der Waals surface area contributed by atoms with Crippen molar-refractivity contribution in [3.8, 4) is 0 Å². The van der Waals surface area contributed by atoms with Gasteiger partial charge in [0.05, 0.1) is 10.0 Å². The zero-order chi connectivity index (χ0) is 17.1. The Morgan fingerprint density at radius 1 is 1.04 bits per heavy atom. The van der Waals surface area contributed by atoms with Crippen LogP contribution in [-0.4, -0.2) is 23.5 Å². The molecule has 24 heavy (non-hydrogen) atoms. The fourth-order valence-electron chi connectivity index (χ4n) is 2.16. The van der Waals surface area contributed by atoms with Crippen LogP contribution in [-0.2, 0) is 9.53 Å². The minimum absolute atomic E-state index is 0.290. The monoisotopic (exact) mass is 362 g/mol. The maximum absolute atomic E-state index is 12.0. The fourth-order valence-corrected chi connectivity index (χ4v) is 2.46. The van der Waals surface area contributed by atoms with Gasteiger partial charge in [-0.2, -0.15) is 0 Å². The third-order valence-electron chi connectivity index (χ3n) is 3.29. The van der Waals surface area contributed by atoms with Crippen LogP contribution in [0, 0.1) is 0 Å². The zero-order valence-electron chi connectivity index (χ0n) is 12.3. The lowest BCUT2D eigenvalue weighted by molar-refractivity contribution is -0.119. The van der Waals surface area contributed by atoms with Gasteiger partial charge in [0, 0.05) is 16.6 Å². The molecule has 0 radical (unpaired) electrons. The number of rotatable bonds is 4. The molecule has 5 nitrogen and oxygen atoms in total. The van der Waals surface area contributed by atoms with Gasteiger partial charge in [-0.05, 0) is 30.3 Å². The molecule has 1 aromatic heterocycles. The van der Waals surface area contributed by atoms with Crippen LogP contribution in [0.2, 0.25) is 10.0 Å². The maximum Gasteiger partial charge on any atom is 0.355 e. The van der Waals surface area contributed by atoms with Crippen LogP contribution in [0.25, 0.3) is 10.9 Å². The summed E-state index contributed by atoms with van der Waals surface area (Å²) in [4.78, 5) is 26.8. The number of aromatic nitrogens is 1. The first kappa shape index (κ1) is 16.4. The molecule has 2 N–H and O–H groups in total. The van der Waals surface area contributed by atoms with Crippen molar-refractivity contribution in [3.63, 3.8) is 0 Å². The van der Waals surface area contributed by atoms with E-state index in [9.17, 15) is 9.59 Å². The molecule has 7 heteroatoms. The van der Waals surface area contributed by atoms with E-state index in [0.29, 0.717) is 21.4 Å². The number of anilines is 1. The van der Waals surface area contributed by atoms with Crippen molar-refractivity contribution in [2.45, 2.75) is 0 Å². The van der Waals surface area contributed by atoms with Crippen molar-refractivity contribution >= 4 is 51.7 Å². The number of carbonyl (C=O) groups is 2. The van der Waals surface area contributed by atoms with Crippen LogP contribution in [0.4, 0.5) is 5.69 Å². The van der Waals surface area contributed by atoms with E-state index >= 15 is 0 Å². The van der Waals surface area contributed by atoms with Gasteiger partial charge in [0.25, 0.3) is 5.91 Å². The van der Waals surface area contributed by atoms with Gasteiger partial charge in [-0.3, -0.25) is 4.79 Å². The number of benzene rings is 2. The molecule has 0 saturated carbocycles. The van der Waals surface area contributed by atoms with Gasteiger partial charge in [0.1, 0.15) is 5.69 Å². The first-order valence-corrected chi connectivity index (χ1v) is 7.78. The van der Waals surface area contributed by atoms with Crippen molar-refractivity contribution in [1.82, 2.24) is 4.98 Å². The molecular weight excluding hydrogens is 351 g/mol. The number of aromatic amines is 1. The number of hydrogen-bond acceptors (Lipinski definition) is 3. The minimum atomic E-state index is -0.601. The minimum Gasteiger partial charge on any atom is -0.451 e. The quantitative estimate of drug-likeness (QED) is 0.680. The molecule has 2 aromatic carbocycles. The number of para-hydroxylation sites is 1. The van der Waals surface area contributed by atoms with E-state index in [0.717, 1.165) is 10.9 Å². The lowest BCUT2D eigenvalue weighted by Crippen LogP contribution is -2.21. The summed E-state index contributed by atoms with van der Waals surface area (Å²) in [5, 5.41) is 4.18. The van der Waals surface area contributed by atoms with Crippen molar-refractivity contribution in [1.29, 1.82) is 0 Å². The van der Waals surface area contributed by atoms with E-state index in [2.05, 4.69) is 10.3 Å². The number of amides is 1. The molecule has 0 aliphatic rings. The van der Waals surface area contributed by atoms with Gasteiger partial charge in [-0.15, -0.1) is 0 Å². The third-order valence-corrected chi connectivity index (χ3v) is 4.03. The number of halogens is 2. The highest BCUT2D eigenvalue weighted by molar-refractivity contribution is 6.42. The van der Waals surface area contributed by atoms with Gasteiger partial charge in [0.2, 0.25) is 0 Å². The second-order valence-electron chi connectivity index (χ2n) is 5.02. The highest BCUT2D eigenvalue weighted by atomic mass is 35.5. The normalized spacial score (nSPS) is 10.6. The third kappa shape index (κ3) is 3.69. The fraction of sp³-hybridized carbons (Fsp3) is 0.0588. The second kappa shape index (κ2) is 6.95. The number of esters is 1. The van der Waals surface area contributed by atoms with E-state index in [1.54, 1.807) is 18.2 Å². The molecule has 3 aromatic rings. The van der Waals surface area contributed by atoms with Gasteiger partial charge in [-0.25, -0.2) is 4.79 Å². The summed E-state index contributed by atoms with van der Waals surface area (Å²) < 4.78 is 5.00. The highest BCUT2D eigenvalue weighted by Gasteiger charge is 2.13. The molecule has 0 fully saturated rings. The van der Waals surface area contributed by atoms with Crippen molar-refractivity contribution in [3.05, 3.63) is 64.3 Å². The molecule has 1 heterocycles. The standard InChI is InChI=1S/C17H12Cl2N2O3/c18-12-6-5-11(8-13(12)19)20-16(22)9-24-17(23)15-7-10-3-1-2-4-14(10)21-15/h1-8,21H,9H2,(H,20,22). The van der Waals surface area contributed by atoms with Crippen LogP contribution in [0.3, 0.4) is 0 Å². The number of hydrogen-bond donors (Lipinski definition) is 2. The van der Waals surface area contributed by atoms with Gasteiger partial charge in [0.15, 0.2) is 6.61 Å². The number of H-pyrrole nitrogens is 1. The molecule has 0 aliphatic carbocycles. The summed E-state index contributed by atoms with van der Waals surface area (Å²) in [5.74, 6) is -1.08. The lowest BCUT2D eigenvalue weighted by Gasteiger charge is -2.07. The predicted octanol–water partition coefficient (Wildman–Crippen LogP) is 4.27. The Balaban J connectivity index is 1.59. The Hall–Kier alpha value is -2.50. The summed E-state index contributed by atoms with van der Waals surface area (Å²) in [6.07, 6.45) is 0. The molecule has 1 amide bonds. The van der Waals surface area contributed by atoms with E-state index in [1.165, 1.54) is 6.07 Å². The summed E-state index contributed by atoms with van der Waals surface area (Å²) in [7, 11) is 0. The van der Waals surface area contributed by atoms with Gasteiger partial charge >= 0.3 is 5.97 Å². The Labute approximate surface area is 147 Å². The van der Waals surface area contributed by atoms with E-state index in [4.69, 9.17) is 27.9 Å². The molecule has 3 rings (SSSR count). The Morgan fingerprint density at radius 2 is 1.83 bits per heavy atom. The topological polar surface area (TPSA) is 71.2 Å². The van der Waals surface area contributed by atoms with E-state index in [1.807, 2.05) is 24.3 Å². The number of carbonyl (C=O) groups excluding carboxylic acids is 2. The van der Waals surface area contributed by atoms with Crippen LogP contribution < -0.4 is 5.32 Å². The zero-order valence-corrected chi connectivity index (χ0v) is 13.8. The van der Waals surface area contributed by atoms with Crippen LogP contribution in [0.1, 0.15) is 10.5 Å². The van der Waals surface area contributed by atoms with E-state index < -0.39 is 18.5 Å². The molecule has 0 aliphatic heterocycles. The predicted molar refractivity (Wildman–Crippen MR) is 93.7 cm³/mol. The van der Waals surface area contributed by atoms with Crippen LogP contribution >= 0.6 is 23.2 Å². The largest absolute Gasteiger partial charge is 0.451 e. The molecule has 0 saturated heterocycles. The average Bonchev–Trinajstić information content (AvgIpc) is 3.00. The Kier molecular flexibility index (Phi) is 4.74. The Morgan fingerprint density at radius 3 is 2.58 bits per heavy atom. The molecule has 0 bridgehead atoms. The maximum atomic E-state index is 12.0. The second-order valence-corrected chi connectivity index (χ2v) is 5.84. The molecular formula is C17H12Cl2N2O3. The van der Waals surface area contributed by atoms with Gasteiger partial charge < -0.3 is 15.0 Å². The molecule has 0 unspecified atom stereocenters. The smallest absolute Gasteiger partial charge is 0.355 e.